The Labute approximate surface area is 110 Å². The topological polar surface area (TPSA) is 69.8 Å². The summed E-state index contributed by atoms with van der Waals surface area (Å²) in [5, 5.41) is 5.57. The summed E-state index contributed by atoms with van der Waals surface area (Å²) in [6.07, 6.45) is 1.69. The quantitative estimate of drug-likeness (QED) is 0.792. The van der Waals surface area contributed by atoms with E-state index < -0.39 is 0 Å². The molecule has 0 spiro atoms. The third kappa shape index (κ3) is 3.54. The third-order valence-electron chi connectivity index (χ3n) is 2.51. The maximum absolute atomic E-state index is 13.6. The Kier molecular flexibility index (Phi) is 3.79. The fourth-order valence-electron chi connectivity index (χ4n) is 1.69. The largest absolute Gasteiger partial charge is 0.377 e. The van der Waals surface area contributed by atoms with Crippen molar-refractivity contribution in [1.29, 1.82) is 0 Å². The summed E-state index contributed by atoms with van der Waals surface area (Å²) in [4.78, 5) is 18.1. The number of halogens is 1. The number of nitrogens with one attached hydrogen (secondary N) is 3. The zero-order valence-electron chi connectivity index (χ0n) is 10.7. The van der Waals surface area contributed by atoms with Crippen molar-refractivity contribution in [3.8, 4) is 0 Å². The Balaban J connectivity index is 2.08. The van der Waals surface area contributed by atoms with Gasteiger partial charge in [0.15, 0.2) is 0 Å². The standard InChI is InChI=1S/C13H15FN4O/c1-8-15-6-11(17-8)7-16-13-5-10(18-9(2)19)3-4-12(13)14/h3-6,16H,7H2,1-2H3,(H,15,17)(H,18,19). The predicted octanol–water partition coefficient (Wildman–Crippen LogP) is 2.43. The second-order valence-electron chi connectivity index (χ2n) is 4.22. The first-order valence-corrected chi connectivity index (χ1v) is 5.86. The fraction of sp³-hybridized carbons (Fsp3) is 0.231. The molecule has 0 bridgehead atoms. The van der Waals surface area contributed by atoms with Crippen molar-refractivity contribution in [2.75, 3.05) is 10.6 Å². The summed E-state index contributed by atoms with van der Waals surface area (Å²) in [6.45, 7) is 3.69. The molecule has 0 unspecified atom stereocenters. The van der Waals surface area contributed by atoms with Gasteiger partial charge in [-0.25, -0.2) is 9.37 Å². The highest BCUT2D eigenvalue weighted by Crippen LogP contribution is 2.20. The molecule has 1 aromatic carbocycles. The lowest BCUT2D eigenvalue weighted by Crippen LogP contribution is -2.07. The molecule has 100 valence electrons. The molecule has 1 aromatic heterocycles. The van der Waals surface area contributed by atoms with Gasteiger partial charge in [-0.1, -0.05) is 0 Å². The number of nitrogens with zero attached hydrogens (tertiary/aromatic N) is 1. The Morgan fingerprint density at radius 1 is 1.47 bits per heavy atom. The van der Waals surface area contributed by atoms with E-state index in [0.29, 0.717) is 17.9 Å². The number of hydrogen-bond acceptors (Lipinski definition) is 3. The van der Waals surface area contributed by atoms with E-state index in [1.54, 1.807) is 12.3 Å². The van der Waals surface area contributed by atoms with Crippen molar-refractivity contribution in [1.82, 2.24) is 9.97 Å². The molecule has 0 saturated carbocycles. The van der Waals surface area contributed by atoms with Crippen LogP contribution < -0.4 is 10.6 Å². The van der Waals surface area contributed by atoms with Gasteiger partial charge in [-0.15, -0.1) is 0 Å². The van der Waals surface area contributed by atoms with Crippen LogP contribution in [0, 0.1) is 12.7 Å². The minimum atomic E-state index is -0.370. The summed E-state index contributed by atoms with van der Waals surface area (Å²) in [5.74, 6) is 0.247. The van der Waals surface area contributed by atoms with Crippen molar-refractivity contribution in [3.05, 3.63) is 41.7 Å². The molecule has 1 heterocycles. The SMILES string of the molecule is CC(=O)Nc1ccc(F)c(NCc2cnc(C)[nH]2)c1. The highest BCUT2D eigenvalue weighted by atomic mass is 19.1. The molecule has 0 aliphatic heterocycles. The molecule has 0 aliphatic carbocycles. The van der Waals surface area contributed by atoms with Crippen LogP contribution in [0.5, 0.6) is 0 Å². The Hall–Kier alpha value is -2.37. The summed E-state index contributed by atoms with van der Waals surface area (Å²) in [7, 11) is 0. The molecule has 2 aromatic rings. The molecule has 0 atom stereocenters. The molecule has 3 N–H and O–H groups in total. The molecule has 0 saturated heterocycles. The lowest BCUT2D eigenvalue weighted by atomic mass is 10.2. The Bertz CT molecular complexity index is 594. The Morgan fingerprint density at radius 2 is 2.26 bits per heavy atom. The van der Waals surface area contributed by atoms with Gasteiger partial charge >= 0.3 is 0 Å². The summed E-state index contributed by atoms with van der Waals surface area (Å²) >= 11 is 0. The molecule has 6 heteroatoms. The Morgan fingerprint density at radius 3 is 2.89 bits per heavy atom. The minimum absolute atomic E-state index is 0.193. The average Bonchev–Trinajstić information content (AvgIpc) is 2.75. The van der Waals surface area contributed by atoms with E-state index in [0.717, 1.165) is 11.5 Å². The van der Waals surface area contributed by atoms with Crippen LogP contribution >= 0.6 is 0 Å². The van der Waals surface area contributed by atoms with Crippen LogP contribution in [-0.2, 0) is 11.3 Å². The number of hydrogen-bond donors (Lipinski definition) is 3. The number of aromatic nitrogens is 2. The zero-order valence-corrected chi connectivity index (χ0v) is 10.7. The van der Waals surface area contributed by atoms with E-state index in [4.69, 9.17) is 0 Å². The second-order valence-corrected chi connectivity index (χ2v) is 4.22. The first-order chi connectivity index (χ1) is 9.04. The molecular weight excluding hydrogens is 247 g/mol. The first-order valence-electron chi connectivity index (χ1n) is 5.86. The zero-order chi connectivity index (χ0) is 13.8. The lowest BCUT2D eigenvalue weighted by molar-refractivity contribution is -0.114. The van der Waals surface area contributed by atoms with E-state index in [2.05, 4.69) is 20.6 Å². The normalized spacial score (nSPS) is 10.3. The number of carbonyl (C=O) groups excluding carboxylic acids is 1. The van der Waals surface area contributed by atoms with Gasteiger partial charge in [-0.05, 0) is 25.1 Å². The van der Waals surface area contributed by atoms with E-state index in [1.807, 2.05) is 6.92 Å². The number of amides is 1. The van der Waals surface area contributed by atoms with Gasteiger partial charge in [-0.3, -0.25) is 4.79 Å². The van der Waals surface area contributed by atoms with Crippen LogP contribution in [0.1, 0.15) is 18.4 Å². The molecule has 2 rings (SSSR count). The van der Waals surface area contributed by atoms with Gasteiger partial charge in [0.2, 0.25) is 5.91 Å². The van der Waals surface area contributed by atoms with E-state index in [1.165, 1.54) is 19.1 Å². The van der Waals surface area contributed by atoms with Gasteiger partial charge in [0.25, 0.3) is 0 Å². The number of aromatic amines is 1. The number of H-pyrrole nitrogens is 1. The third-order valence-corrected chi connectivity index (χ3v) is 2.51. The lowest BCUT2D eigenvalue weighted by Gasteiger charge is -2.09. The summed E-state index contributed by atoms with van der Waals surface area (Å²) in [6, 6.07) is 4.38. The number of anilines is 2. The van der Waals surface area contributed by atoms with Gasteiger partial charge in [-0.2, -0.15) is 0 Å². The van der Waals surface area contributed by atoms with Crippen LogP contribution in [0.15, 0.2) is 24.4 Å². The highest BCUT2D eigenvalue weighted by Gasteiger charge is 2.05. The predicted molar refractivity (Wildman–Crippen MR) is 71.4 cm³/mol. The number of aryl methyl sites for hydroxylation is 1. The monoisotopic (exact) mass is 262 g/mol. The number of rotatable bonds is 4. The molecular formula is C13H15FN4O. The molecule has 1 amide bonds. The van der Waals surface area contributed by atoms with Crippen LogP contribution in [0.25, 0.3) is 0 Å². The van der Waals surface area contributed by atoms with E-state index in [-0.39, 0.29) is 11.7 Å². The van der Waals surface area contributed by atoms with Crippen molar-refractivity contribution >= 4 is 17.3 Å². The van der Waals surface area contributed by atoms with Gasteiger partial charge in [0, 0.05) is 12.6 Å². The van der Waals surface area contributed by atoms with E-state index in [9.17, 15) is 9.18 Å². The average molecular weight is 262 g/mol. The molecule has 5 nitrogen and oxygen atoms in total. The summed E-state index contributed by atoms with van der Waals surface area (Å²) in [5.41, 5.74) is 1.75. The van der Waals surface area contributed by atoms with Crippen molar-refractivity contribution < 1.29 is 9.18 Å². The number of imidazole rings is 1. The van der Waals surface area contributed by atoms with Gasteiger partial charge in [0.1, 0.15) is 11.6 Å². The van der Waals surface area contributed by atoms with Crippen molar-refractivity contribution in [2.24, 2.45) is 0 Å². The summed E-state index contributed by atoms with van der Waals surface area (Å²) < 4.78 is 13.6. The molecule has 0 radical (unpaired) electrons. The van der Waals surface area contributed by atoms with E-state index >= 15 is 0 Å². The van der Waals surface area contributed by atoms with Gasteiger partial charge < -0.3 is 15.6 Å². The van der Waals surface area contributed by atoms with Crippen LogP contribution in [0.4, 0.5) is 15.8 Å². The smallest absolute Gasteiger partial charge is 0.221 e. The highest BCUT2D eigenvalue weighted by molar-refractivity contribution is 5.89. The fourth-order valence-corrected chi connectivity index (χ4v) is 1.69. The first kappa shape index (κ1) is 13.1. The maximum atomic E-state index is 13.6. The van der Waals surface area contributed by atoms with Crippen molar-refractivity contribution in [3.63, 3.8) is 0 Å². The maximum Gasteiger partial charge on any atom is 0.221 e. The molecule has 0 fully saturated rings. The molecule has 19 heavy (non-hydrogen) atoms. The van der Waals surface area contributed by atoms with Gasteiger partial charge in [0.05, 0.1) is 24.1 Å². The van der Waals surface area contributed by atoms with Crippen LogP contribution in [0.2, 0.25) is 0 Å². The number of carbonyl (C=O) groups is 1. The second kappa shape index (κ2) is 5.51. The van der Waals surface area contributed by atoms with Crippen LogP contribution in [0.3, 0.4) is 0 Å². The van der Waals surface area contributed by atoms with Crippen molar-refractivity contribution in [2.45, 2.75) is 20.4 Å². The number of benzene rings is 1. The molecule has 0 aliphatic rings. The van der Waals surface area contributed by atoms with Crippen LogP contribution in [-0.4, -0.2) is 15.9 Å². The minimum Gasteiger partial charge on any atom is -0.377 e.